The third-order valence-corrected chi connectivity index (χ3v) is 6.38. The topological polar surface area (TPSA) is 69.0 Å². The van der Waals surface area contributed by atoms with Gasteiger partial charge in [-0.3, -0.25) is 0 Å². The highest BCUT2D eigenvalue weighted by Crippen LogP contribution is 2.34. The zero-order chi connectivity index (χ0) is 18.2. The largest absolute Gasteiger partial charge is 0.381 e. The van der Waals surface area contributed by atoms with E-state index in [1.165, 1.54) is 0 Å². The van der Waals surface area contributed by atoms with Gasteiger partial charge in [0.15, 0.2) is 5.82 Å². The summed E-state index contributed by atoms with van der Waals surface area (Å²) in [7, 11) is 0. The van der Waals surface area contributed by atoms with Gasteiger partial charge in [0.1, 0.15) is 10.8 Å². The summed E-state index contributed by atoms with van der Waals surface area (Å²) < 4.78 is 7.84. The van der Waals surface area contributed by atoms with Crippen molar-refractivity contribution in [1.29, 1.82) is 0 Å². The number of nitrogens with zero attached hydrogens (tertiary/aromatic N) is 6. The van der Waals surface area contributed by atoms with Crippen LogP contribution in [0.15, 0.2) is 30.3 Å². The van der Waals surface area contributed by atoms with Crippen molar-refractivity contribution in [1.82, 2.24) is 25.0 Å². The number of aromatic nitrogens is 5. The summed E-state index contributed by atoms with van der Waals surface area (Å²) in [5.41, 5.74) is 1.11. The Labute approximate surface area is 162 Å². The first kappa shape index (κ1) is 16.8. The first-order valence-electron chi connectivity index (χ1n) is 9.45. The summed E-state index contributed by atoms with van der Waals surface area (Å²) in [4.78, 5) is 2.27. The van der Waals surface area contributed by atoms with Crippen LogP contribution >= 0.6 is 11.3 Å². The fourth-order valence-corrected chi connectivity index (χ4v) is 4.84. The molecule has 2 aromatic heterocycles. The van der Waals surface area contributed by atoms with Crippen LogP contribution < -0.4 is 4.90 Å². The monoisotopic (exact) mass is 382 g/mol. The van der Waals surface area contributed by atoms with Gasteiger partial charge in [-0.1, -0.05) is 41.7 Å². The molecular weight excluding hydrogens is 360 g/mol. The quantitative estimate of drug-likeness (QED) is 0.692. The van der Waals surface area contributed by atoms with Crippen LogP contribution in [0.3, 0.4) is 0 Å². The number of fused-ring (bicyclic) bond motifs is 1. The van der Waals surface area contributed by atoms with Crippen LogP contribution in [-0.2, 0) is 11.3 Å². The highest BCUT2D eigenvalue weighted by Gasteiger charge is 2.31. The van der Waals surface area contributed by atoms with Crippen molar-refractivity contribution in [2.24, 2.45) is 0 Å². The van der Waals surface area contributed by atoms with E-state index in [0.29, 0.717) is 12.0 Å². The van der Waals surface area contributed by atoms with E-state index in [2.05, 4.69) is 48.9 Å². The molecule has 1 saturated heterocycles. The van der Waals surface area contributed by atoms with E-state index in [1.54, 1.807) is 11.3 Å². The van der Waals surface area contributed by atoms with Gasteiger partial charge in [0, 0.05) is 31.2 Å². The van der Waals surface area contributed by atoms with Crippen LogP contribution in [-0.4, -0.2) is 44.7 Å². The molecule has 8 heteroatoms. The minimum atomic E-state index is 0.311. The molecule has 1 fully saturated rings. The molecule has 0 saturated carbocycles. The summed E-state index contributed by atoms with van der Waals surface area (Å²) in [5, 5.41) is 19.8. The van der Waals surface area contributed by atoms with Gasteiger partial charge in [-0.2, -0.15) is 0 Å². The average Bonchev–Trinajstić information content (AvgIpc) is 3.37. The third-order valence-electron chi connectivity index (χ3n) is 5.34. The normalized spacial score (nSPS) is 20.6. The molecular formula is C19H22N6OS. The number of hydrogen-bond acceptors (Lipinski definition) is 7. The Morgan fingerprint density at radius 1 is 1.04 bits per heavy atom. The number of anilines is 1. The summed E-state index contributed by atoms with van der Waals surface area (Å²) in [6.07, 6.45) is 2.07. The van der Waals surface area contributed by atoms with Crippen molar-refractivity contribution in [3.8, 4) is 10.6 Å². The number of ether oxygens (including phenoxy) is 1. The third kappa shape index (κ3) is 3.12. The summed E-state index contributed by atoms with van der Waals surface area (Å²) in [6.45, 7) is 5.50. The van der Waals surface area contributed by atoms with Crippen LogP contribution in [0.5, 0.6) is 0 Å². The van der Waals surface area contributed by atoms with Gasteiger partial charge in [-0.05, 0) is 19.8 Å². The van der Waals surface area contributed by atoms with E-state index < -0.39 is 0 Å². The van der Waals surface area contributed by atoms with Gasteiger partial charge in [0.2, 0.25) is 5.13 Å². The van der Waals surface area contributed by atoms with Crippen LogP contribution in [0.25, 0.3) is 10.6 Å². The Kier molecular flexibility index (Phi) is 4.37. The molecule has 7 nitrogen and oxygen atoms in total. The van der Waals surface area contributed by atoms with E-state index in [9.17, 15) is 0 Å². The zero-order valence-electron chi connectivity index (χ0n) is 15.3. The van der Waals surface area contributed by atoms with Crippen molar-refractivity contribution in [3.05, 3.63) is 42.0 Å². The van der Waals surface area contributed by atoms with Gasteiger partial charge < -0.3 is 14.2 Å². The SMILES string of the molecule is C[C@H]1CN(c2nnc(-c3ccccc3)s2)Cc2nnc(C3CCOCC3)n21. The van der Waals surface area contributed by atoms with Crippen molar-refractivity contribution in [2.75, 3.05) is 24.7 Å². The lowest BCUT2D eigenvalue weighted by molar-refractivity contribution is 0.0823. The number of rotatable bonds is 3. The molecule has 0 bridgehead atoms. The molecule has 140 valence electrons. The van der Waals surface area contributed by atoms with E-state index in [-0.39, 0.29) is 0 Å². The Morgan fingerprint density at radius 2 is 1.85 bits per heavy atom. The predicted molar refractivity (Wildman–Crippen MR) is 104 cm³/mol. The molecule has 0 spiro atoms. The van der Waals surface area contributed by atoms with Crippen LogP contribution in [0.2, 0.25) is 0 Å². The van der Waals surface area contributed by atoms with Gasteiger partial charge in [-0.15, -0.1) is 20.4 Å². The first-order chi connectivity index (χ1) is 13.3. The van der Waals surface area contributed by atoms with Gasteiger partial charge in [-0.25, -0.2) is 0 Å². The Morgan fingerprint density at radius 3 is 2.67 bits per heavy atom. The minimum Gasteiger partial charge on any atom is -0.381 e. The fourth-order valence-electron chi connectivity index (χ4n) is 3.98. The summed E-state index contributed by atoms with van der Waals surface area (Å²) >= 11 is 1.63. The van der Waals surface area contributed by atoms with Crippen LogP contribution in [0, 0.1) is 0 Å². The van der Waals surface area contributed by atoms with Gasteiger partial charge >= 0.3 is 0 Å². The maximum Gasteiger partial charge on any atom is 0.209 e. The standard InChI is InChI=1S/C19H22N6OS/c1-13-11-24(19-23-22-18(27-19)15-5-3-2-4-6-15)12-16-20-21-17(25(13)16)14-7-9-26-10-8-14/h2-6,13-14H,7-12H2,1H3/t13-/m0/s1. The van der Waals surface area contributed by atoms with E-state index in [4.69, 9.17) is 4.74 Å². The Balaban J connectivity index is 1.39. The maximum atomic E-state index is 5.50. The molecule has 3 aromatic rings. The molecule has 0 radical (unpaired) electrons. The molecule has 1 aromatic carbocycles. The van der Waals surface area contributed by atoms with E-state index in [1.807, 2.05) is 18.2 Å². The van der Waals surface area contributed by atoms with Crippen LogP contribution in [0.1, 0.15) is 43.4 Å². The molecule has 1 atom stereocenters. The Hall–Kier alpha value is -2.32. The molecule has 0 unspecified atom stereocenters. The van der Waals surface area contributed by atoms with Crippen molar-refractivity contribution in [3.63, 3.8) is 0 Å². The summed E-state index contributed by atoms with van der Waals surface area (Å²) in [5.74, 6) is 2.61. The molecule has 0 amide bonds. The van der Waals surface area contributed by atoms with Crippen molar-refractivity contribution >= 4 is 16.5 Å². The second-order valence-corrected chi connectivity index (χ2v) is 8.17. The number of hydrogen-bond donors (Lipinski definition) is 0. The minimum absolute atomic E-state index is 0.311. The highest BCUT2D eigenvalue weighted by atomic mass is 32.1. The van der Waals surface area contributed by atoms with Gasteiger partial charge in [0.05, 0.1) is 12.6 Å². The molecule has 0 aliphatic carbocycles. The lowest BCUT2D eigenvalue weighted by Crippen LogP contribution is -2.37. The smallest absolute Gasteiger partial charge is 0.209 e. The lowest BCUT2D eigenvalue weighted by atomic mass is 9.99. The molecule has 0 N–H and O–H groups in total. The average molecular weight is 382 g/mol. The molecule has 27 heavy (non-hydrogen) atoms. The van der Waals surface area contributed by atoms with Crippen molar-refractivity contribution < 1.29 is 4.74 Å². The van der Waals surface area contributed by atoms with E-state index >= 15 is 0 Å². The molecule has 5 rings (SSSR count). The predicted octanol–water partition coefficient (Wildman–Crippen LogP) is 3.27. The fraction of sp³-hybridized carbons (Fsp3) is 0.474. The zero-order valence-corrected chi connectivity index (χ0v) is 16.1. The second kappa shape index (κ2) is 7.01. The first-order valence-corrected chi connectivity index (χ1v) is 10.3. The number of benzene rings is 1. The molecule has 2 aliphatic rings. The second-order valence-electron chi connectivity index (χ2n) is 7.22. The van der Waals surface area contributed by atoms with Crippen molar-refractivity contribution in [2.45, 2.75) is 38.3 Å². The summed E-state index contributed by atoms with van der Waals surface area (Å²) in [6, 6.07) is 10.5. The highest BCUT2D eigenvalue weighted by molar-refractivity contribution is 7.18. The van der Waals surface area contributed by atoms with Crippen LogP contribution in [0.4, 0.5) is 5.13 Å². The van der Waals surface area contributed by atoms with E-state index in [0.717, 1.165) is 66.5 Å². The maximum absolute atomic E-state index is 5.50. The van der Waals surface area contributed by atoms with Gasteiger partial charge in [0.25, 0.3) is 0 Å². The Bertz CT molecular complexity index is 917. The lowest BCUT2D eigenvalue weighted by Gasteiger charge is -2.33. The molecule has 2 aliphatic heterocycles. The molecule has 4 heterocycles.